The molecule has 21 heavy (non-hydrogen) atoms. The van der Waals surface area contributed by atoms with Gasteiger partial charge >= 0.3 is 0 Å². The van der Waals surface area contributed by atoms with Crippen molar-refractivity contribution in [2.24, 2.45) is 0 Å². The molecule has 0 fully saturated rings. The number of anilines is 2. The minimum atomic E-state index is -0.529. The van der Waals surface area contributed by atoms with Crippen LogP contribution < -0.4 is 4.90 Å². The summed E-state index contributed by atoms with van der Waals surface area (Å²) in [6.45, 7) is -0.419. The van der Waals surface area contributed by atoms with Crippen LogP contribution in [-0.2, 0) is 6.61 Å². The van der Waals surface area contributed by atoms with Crippen molar-refractivity contribution in [3.63, 3.8) is 0 Å². The Bertz CT molecular complexity index is 722. The molecule has 0 saturated carbocycles. The van der Waals surface area contributed by atoms with E-state index in [4.69, 9.17) is 5.26 Å². The Morgan fingerprint density at radius 2 is 2.05 bits per heavy atom. The Morgan fingerprint density at radius 1 is 1.33 bits per heavy atom. The first kappa shape index (κ1) is 14.5. The summed E-state index contributed by atoms with van der Waals surface area (Å²) in [5.74, 6) is 0. The number of nitro benzene ring substituents is 1. The molecule has 0 atom stereocenters. The molecule has 106 valence electrons. The minimum Gasteiger partial charge on any atom is -0.391 e. The Kier molecular flexibility index (Phi) is 4.16. The summed E-state index contributed by atoms with van der Waals surface area (Å²) < 4.78 is 0. The van der Waals surface area contributed by atoms with Gasteiger partial charge in [0.05, 0.1) is 28.3 Å². The van der Waals surface area contributed by atoms with Gasteiger partial charge in [-0.15, -0.1) is 0 Å². The van der Waals surface area contributed by atoms with Gasteiger partial charge in [0, 0.05) is 18.8 Å². The van der Waals surface area contributed by atoms with E-state index in [9.17, 15) is 15.2 Å². The third-order valence-electron chi connectivity index (χ3n) is 3.20. The molecule has 2 aromatic rings. The molecule has 1 N–H and O–H groups in total. The molecule has 0 saturated heterocycles. The average Bonchev–Trinajstić information content (AvgIpc) is 2.53. The van der Waals surface area contributed by atoms with Crippen LogP contribution in [0.1, 0.15) is 11.1 Å². The monoisotopic (exact) mass is 283 g/mol. The fourth-order valence-electron chi connectivity index (χ4n) is 2.09. The zero-order chi connectivity index (χ0) is 15.4. The van der Waals surface area contributed by atoms with Crippen molar-refractivity contribution in [3.05, 3.63) is 63.7 Å². The SMILES string of the molecule is CN(c1ccc([N+](=O)[O-])c(CO)c1)c1ccccc1C#N. The van der Waals surface area contributed by atoms with Crippen LogP contribution in [0.4, 0.5) is 17.1 Å². The van der Waals surface area contributed by atoms with Gasteiger partial charge in [-0.05, 0) is 24.3 Å². The lowest BCUT2D eigenvalue weighted by molar-refractivity contribution is -0.385. The summed E-state index contributed by atoms with van der Waals surface area (Å²) in [4.78, 5) is 12.1. The van der Waals surface area contributed by atoms with Gasteiger partial charge in [0.15, 0.2) is 0 Å². The Balaban J connectivity index is 2.47. The van der Waals surface area contributed by atoms with Gasteiger partial charge in [-0.1, -0.05) is 12.1 Å². The molecule has 0 spiro atoms. The maximum atomic E-state index is 10.9. The fraction of sp³-hybridized carbons (Fsp3) is 0.133. The predicted octanol–water partition coefficient (Wildman–Crippen LogP) is 2.73. The lowest BCUT2D eigenvalue weighted by Gasteiger charge is -2.21. The molecule has 0 radical (unpaired) electrons. The van der Waals surface area contributed by atoms with E-state index in [0.717, 1.165) is 0 Å². The van der Waals surface area contributed by atoms with E-state index in [1.165, 1.54) is 6.07 Å². The summed E-state index contributed by atoms with van der Waals surface area (Å²) in [5.41, 5.74) is 1.97. The minimum absolute atomic E-state index is 0.122. The zero-order valence-electron chi connectivity index (χ0n) is 11.4. The number of aliphatic hydroxyl groups is 1. The van der Waals surface area contributed by atoms with Crippen molar-refractivity contribution < 1.29 is 10.0 Å². The predicted molar refractivity (Wildman–Crippen MR) is 78.2 cm³/mol. The smallest absolute Gasteiger partial charge is 0.275 e. The summed E-state index contributed by atoms with van der Waals surface area (Å²) >= 11 is 0. The number of nitrogens with zero attached hydrogens (tertiary/aromatic N) is 3. The quantitative estimate of drug-likeness (QED) is 0.688. The second-order valence-corrected chi connectivity index (χ2v) is 4.42. The molecule has 0 aliphatic rings. The van der Waals surface area contributed by atoms with Gasteiger partial charge in [-0.3, -0.25) is 10.1 Å². The molecule has 0 aliphatic carbocycles. The molecule has 6 heteroatoms. The molecule has 0 bridgehead atoms. The largest absolute Gasteiger partial charge is 0.391 e. The molecule has 0 heterocycles. The lowest BCUT2D eigenvalue weighted by Crippen LogP contribution is -2.11. The van der Waals surface area contributed by atoms with Crippen LogP contribution in [0, 0.1) is 21.4 Å². The van der Waals surface area contributed by atoms with Crippen molar-refractivity contribution in [2.45, 2.75) is 6.61 Å². The standard InChI is InChI=1S/C15H13N3O3/c1-17(14-5-3-2-4-11(14)9-16)13-6-7-15(18(20)21)12(8-13)10-19/h2-8,19H,10H2,1H3. The van der Waals surface area contributed by atoms with E-state index in [-0.39, 0.29) is 11.3 Å². The van der Waals surface area contributed by atoms with Gasteiger partial charge in [0.2, 0.25) is 0 Å². The van der Waals surface area contributed by atoms with Crippen LogP contribution in [0.25, 0.3) is 0 Å². The summed E-state index contributed by atoms with van der Waals surface area (Å²) in [6.07, 6.45) is 0. The third-order valence-corrected chi connectivity index (χ3v) is 3.20. The molecule has 2 aromatic carbocycles. The second-order valence-electron chi connectivity index (χ2n) is 4.42. The van der Waals surface area contributed by atoms with Crippen molar-refractivity contribution in [3.8, 4) is 6.07 Å². The highest BCUT2D eigenvalue weighted by Crippen LogP contribution is 2.30. The number of rotatable bonds is 4. The number of nitriles is 1. The molecule has 0 unspecified atom stereocenters. The number of hydrogen-bond donors (Lipinski definition) is 1. The van der Waals surface area contributed by atoms with Gasteiger partial charge in [-0.25, -0.2) is 0 Å². The van der Waals surface area contributed by atoms with Crippen LogP contribution in [0.5, 0.6) is 0 Å². The van der Waals surface area contributed by atoms with Crippen molar-refractivity contribution in [2.75, 3.05) is 11.9 Å². The van der Waals surface area contributed by atoms with Gasteiger partial charge < -0.3 is 10.0 Å². The van der Waals surface area contributed by atoms with E-state index in [1.807, 2.05) is 6.07 Å². The molecule has 0 aromatic heterocycles. The fourth-order valence-corrected chi connectivity index (χ4v) is 2.09. The molecule has 2 rings (SSSR count). The Hall–Kier alpha value is -2.91. The summed E-state index contributed by atoms with van der Waals surface area (Å²) in [7, 11) is 1.76. The lowest BCUT2D eigenvalue weighted by atomic mass is 10.1. The number of benzene rings is 2. The summed E-state index contributed by atoms with van der Waals surface area (Å²) in [5, 5.41) is 29.3. The molecular weight excluding hydrogens is 270 g/mol. The van der Waals surface area contributed by atoms with Crippen molar-refractivity contribution in [1.29, 1.82) is 5.26 Å². The number of nitro groups is 1. The first-order valence-corrected chi connectivity index (χ1v) is 6.19. The Labute approximate surface area is 121 Å². The topological polar surface area (TPSA) is 90.4 Å². The highest BCUT2D eigenvalue weighted by Gasteiger charge is 2.16. The third kappa shape index (κ3) is 2.83. The van der Waals surface area contributed by atoms with E-state index in [1.54, 1.807) is 42.3 Å². The highest BCUT2D eigenvalue weighted by molar-refractivity contribution is 5.70. The first-order chi connectivity index (χ1) is 10.1. The van der Waals surface area contributed by atoms with E-state index >= 15 is 0 Å². The Morgan fingerprint density at radius 3 is 2.67 bits per heavy atom. The number of para-hydroxylation sites is 1. The molecular formula is C15H13N3O3. The number of hydrogen-bond acceptors (Lipinski definition) is 5. The molecule has 0 aliphatic heterocycles. The van der Waals surface area contributed by atoms with Crippen LogP contribution in [0.15, 0.2) is 42.5 Å². The average molecular weight is 283 g/mol. The van der Waals surface area contributed by atoms with Gasteiger partial charge in [0.25, 0.3) is 5.69 Å². The molecule has 0 amide bonds. The maximum Gasteiger partial charge on any atom is 0.275 e. The van der Waals surface area contributed by atoms with E-state index in [2.05, 4.69) is 6.07 Å². The van der Waals surface area contributed by atoms with E-state index in [0.29, 0.717) is 16.9 Å². The molecule has 6 nitrogen and oxygen atoms in total. The van der Waals surface area contributed by atoms with Crippen LogP contribution in [0.3, 0.4) is 0 Å². The highest BCUT2D eigenvalue weighted by atomic mass is 16.6. The van der Waals surface area contributed by atoms with Gasteiger partial charge in [0.1, 0.15) is 6.07 Å². The van der Waals surface area contributed by atoms with E-state index < -0.39 is 11.5 Å². The summed E-state index contributed by atoms with van der Waals surface area (Å²) in [6, 6.07) is 13.7. The number of aliphatic hydroxyl groups excluding tert-OH is 1. The van der Waals surface area contributed by atoms with Crippen molar-refractivity contribution >= 4 is 17.1 Å². The maximum absolute atomic E-state index is 10.9. The second kappa shape index (κ2) is 6.03. The normalized spacial score (nSPS) is 9.95. The van der Waals surface area contributed by atoms with Crippen LogP contribution >= 0.6 is 0 Å². The van der Waals surface area contributed by atoms with Crippen molar-refractivity contribution in [1.82, 2.24) is 0 Å². The first-order valence-electron chi connectivity index (χ1n) is 6.19. The van der Waals surface area contributed by atoms with Crippen LogP contribution in [-0.4, -0.2) is 17.1 Å². The van der Waals surface area contributed by atoms with Gasteiger partial charge in [-0.2, -0.15) is 5.26 Å². The van der Waals surface area contributed by atoms with Crippen LogP contribution in [0.2, 0.25) is 0 Å². The zero-order valence-corrected chi connectivity index (χ0v) is 11.4.